The second kappa shape index (κ2) is 9.06. The molecule has 4 rings (SSSR count). The van der Waals surface area contributed by atoms with E-state index in [4.69, 9.17) is 16.3 Å². The van der Waals surface area contributed by atoms with Crippen molar-refractivity contribution in [3.8, 4) is 0 Å². The van der Waals surface area contributed by atoms with Crippen molar-refractivity contribution in [3.05, 3.63) is 45.6 Å². The van der Waals surface area contributed by atoms with Crippen LogP contribution in [0.1, 0.15) is 35.4 Å². The van der Waals surface area contributed by atoms with Gasteiger partial charge in [-0.25, -0.2) is 4.79 Å². The number of anilines is 2. The number of nitrogens with zero attached hydrogens (tertiary/aromatic N) is 2. The molecule has 0 saturated carbocycles. The lowest BCUT2D eigenvalue weighted by molar-refractivity contribution is -0.118. The van der Waals surface area contributed by atoms with Crippen LogP contribution in [-0.2, 0) is 9.53 Å². The minimum atomic E-state index is -0.452. The van der Waals surface area contributed by atoms with E-state index in [9.17, 15) is 14.4 Å². The second-order valence-electron chi connectivity index (χ2n) is 7.30. The molecule has 0 bridgehead atoms. The number of thiophene rings is 1. The van der Waals surface area contributed by atoms with Crippen molar-refractivity contribution in [2.24, 2.45) is 0 Å². The third kappa shape index (κ3) is 4.60. The number of amides is 3. The Kier molecular flexibility index (Phi) is 6.24. The Hall–Kier alpha value is -2.58. The van der Waals surface area contributed by atoms with E-state index in [2.05, 4.69) is 5.32 Å². The first-order chi connectivity index (χ1) is 14.5. The number of carbonyl (C=O) groups is 3. The zero-order valence-corrected chi connectivity index (χ0v) is 17.9. The summed E-state index contributed by atoms with van der Waals surface area (Å²) in [6.07, 6.45) is 2.68. The molecule has 3 heterocycles. The summed E-state index contributed by atoms with van der Waals surface area (Å²) in [6.45, 7) is 1.28. The number of hydrogen-bond donors (Lipinski definition) is 1. The SMILES string of the molecule is O=C(NCC1CN(c2ccc(N3CCCCCC3=O)cc2)C(=O)O1)c1ccc(Cl)s1. The quantitative estimate of drug-likeness (QED) is 0.749. The highest BCUT2D eigenvalue weighted by Crippen LogP contribution is 2.27. The van der Waals surface area contributed by atoms with Crippen LogP contribution in [0.3, 0.4) is 0 Å². The molecule has 1 aromatic heterocycles. The molecule has 1 unspecified atom stereocenters. The second-order valence-corrected chi connectivity index (χ2v) is 9.02. The zero-order valence-electron chi connectivity index (χ0n) is 16.3. The van der Waals surface area contributed by atoms with Crippen LogP contribution in [0.25, 0.3) is 0 Å². The summed E-state index contributed by atoms with van der Waals surface area (Å²) < 4.78 is 5.93. The van der Waals surface area contributed by atoms with Gasteiger partial charge in [0, 0.05) is 24.3 Å². The molecule has 9 heteroatoms. The fraction of sp³-hybridized carbons (Fsp3) is 0.381. The van der Waals surface area contributed by atoms with Gasteiger partial charge in [-0.2, -0.15) is 0 Å². The highest BCUT2D eigenvalue weighted by molar-refractivity contribution is 7.18. The lowest BCUT2D eigenvalue weighted by Gasteiger charge is -2.21. The van der Waals surface area contributed by atoms with Crippen molar-refractivity contribution in [3.63, 3.8) is 0 Å². The highest BCUT2D eigenvalue weighted by Gasteiger charge is 2.32. The first kappa shape index (κ1) is 20.7. The van der Waals surface area contributed by atoms with E-state index < -0.39 is 12.2 Å². The maximum atomic E-state index is 12.3. The van der Waals surface area contributed by atoms with Gasteiger partial charge in [-0.15, -0.1) is 11.3 Å². The van der Waals surface area contributed by atoms with Crippen LogP contribution in [0.5, 0.6) is 0 Å². The predicted octanol–water partition coefficient (Wildman–Crippen LogP) is 4.06. The molecule has 2 fully saturated rings. The van der Waals surface area contributed by atoms with Crippen LogP contribution in [0.15, 0.2) is 36.4 Å². The Morgan fingerprint density at radius 1 is 1.07 bits per heavy atom. The smallest absolute Gasteiger partial charge is 0.414 e. The molecule has 2 aromatic rings. The van der Waals surface area contributed by atoms with E-state index in [0.29, 0.717) is 27.9 Å². The number of cyclic esters (lactones) is 1. The van der Waals surface area contributed by atoms with Crippen molar-refractivity contribution in [1.29, 1.82) is 0 Å². The van der Waals surface area contributed by atoms with Gasteiger partial charge in [0.2, 0.25) is 5.91 Å². The molecular formula is C21H22ClN3O4S. The Morgan fingerprint density at radius 3 is 2.50 bits per heavy atom. The van der Waals surface area contributed by atoms with Crippen molar-refractivity contribution in [1.82, 2.24) is 5.32 Å². The monoisotopic (exact) mass is 447 g/mol. The van der Waals surface area contributed by atoms with E-state index in [1.54, 1.807) is 12.1 Å². The summed E-state index contributed by atoms with van der Waals surface area (Å²) in [5.74, 6) is -0.100. The van der Waals surface area contributed by atoms with Gasteiger partial charge in [0.05, 0.1) is 22.3 Å². The molecule has 2 aliphatic rings. The summed E-state index contributed by atoms with van der Waals surface area (Å²) in [7, 11) is 0. The lowest BCUT2D eigenvalue weighted by Crippen LogP contribution is -2.34. The maximum Gasteiger partial charge on any atom is 0.414 e. The first-order valence-corrected chi connectivity index (χ1v) is 11.1. The average Bonchev–Trinajstić information content (AvgIpc) is 3.27. The molecule has 30 heavy (non-hydrogen) atoms. The molecule has 1 atom stereocenters. The van der Waals surface area contributed by atoms with Crippen molar-refractivity contribution in [2.75, 3.05) is 29.4 Å². The van der Waals surface area contributed by atoms with Crippen molar-refractivity contribution in [2.45, 2.75) is 31.8 Å². The molecule has 0 radical (unpaired) electrons. The van der Waals surface area contributed by atoms with E-state index in [0.717, 1.165) is 31.5 Å². The molecule has 3 amide bonds. The number of halogens is 1. The predicted molar refractivity (Wildman–Crippen MR) is 117 cm³/mol. The maximum absolute atomic E-state index is 12.3. The van der Waals surface area contributed by atoms with Crippen LogP contribution in [0.4, 0.5) is 16.2 Å². The number of carbonyl (C=O) groups excluding carboxylic acids is 3. The van der Waals surface area contributed by atoms with Crippen molar-refractivity contribution >= 4 is 52.2 Å². The van der Waals surface area contributed by atoms with Gasteiger partial charge >= 0.3 is 6.09 Å². The summed E-state index contributed by atoms with van der Waals surface area (Å²) in [5, 5.41) is 2.77. The minimum Gasteiger partial charge on any atom is -0.442 e. The molecule has 158 valence electrons. The number of ether oxygens (including phenoxy) is 1. The van der Waals surface area contributed by atoms with Gasteiger partial charge in [0.1, 0.15) is 6.10 Å². The summed E-state index contributed by atoms with van der Waals surface area (Å²) in [5.41, 5.74) is 1.54. The number of benzene rings is 1. The fourth-order valence-electron chi connectivity index (χ4n) is 3.64. The average molecular weight is 448 g/mol. The normalized spacial score (nSPS) is 19.6. The standard InChI is InChI=1S/C21H22ClN3O4S/c22-18-10-9-17(30-18)20(27)23-12-16-13-25(21(28)29-16)15-7-5-14(6-8-15)24-11-3-1-2-4-19(24)26/h5-10,16H,1-4,11-13H2,(H,23,27). The molecule has 2 aliphatic heterocycles. The van der Waals surface area contributed by atoms with Crippen LogP contribution >= 0.6 is 22.9 Å². The van der Waals surface area contributed by atoms with Gasteiger partial charge in [-0.1, -0.05) is 18.0 Å². The summed E-state index contributed by atoms with van der Waals surface area (Å²) in [6, 6.07) is 10.7. The zero-order chi connectivity index (χ0) is 21.1. The molecule has 2 saturated heterocycles. The number of nitrogens with one attached hydrogen (secondary N) is 1. The Balaban J connectivity index is 1.35. The van der Waals surface area contributed by atoms with E-state index in [-0.39, 0.29) is 18.4 Å². The topological polar surface area (TPSA) is 79.0 Å². The van der Waals surface area contributed by atoms with E-state index in [1.807, 2.05) is 29.2 Å². The third-order valence-corrected chi connectivity index (χ3v) is 6.44. The van der Waals surface area contributed by atoms with Gasteiger partial charge in [0.25, 0.3) is 5.91 Å². The van der Waals surface area contributed by atoms with Crippen LogP contribution in [0.2, 0.25) is 4.34 Å². The third-order valence-electron chi connectivity index (χ3n) is 5.21. The van der Waals surface area contributed by atoms with Gasteiger partial charge in [-0.3, -0.25) is 14.5 Å². The largest absolute Gasteiger partial charge is 0.442 e. The molecule has 0 spiro atoms. The van der Waals surface area contributed by atoms with Gasteiger partial charge < -0.3 is 15.0 Å². The number of rotatable bonds is 5. The minimum absolute atomic E-state index is 0.142. The van der Waals surface area contributed by atoms with Gasteiger partial charge in [-0.05, 0) is 49.2 Å². The van der Waals surface area contributed by atoms with Crippen LogP contribution in [0, 0.1) is 0 Å². The molecule has 0 aliphatic carbocycles. The lowest BCUT2D eigenvalue weighted by atomic mass is 10.2. The molecule has 7 nitrogen and oxygen atoms in total. The fourth-order valence-corrected chi connectivity index (χ4v) is 4.60. The van der Waals surface area contributed by atoms with E-state index >= 15 is 0 Å². The number of hydrogen-bond acceptors (Lipinski definition) is 5. The van der Waals surface area contributed by atoms with E-state index in [1.165, 1.54) is 16.2 Å². The van der Waals surface area contributed by atoms with Gasteiger partial charge in [0.15, 0.2) is 0 Å². The summed E-state index contributed by atoms with van der Waals surface area (Å²) in [4.78, 5) is 40.6. The molecule has 1 N–H and O–H groups in total. The first-order valence-electron chi connectivity index (χ1n) is 9.93. The molecule has 1 aromatic carbocycles. The molecular weight excluding hydrogens is 426 g/mol. The Labute approximate surface area is 183 Å². The van der Waals surface area contributed by atoms with Crippen LogP contribution < -0.4 is 15.1 Å². The summed E-state index contributed by atoms with van der Waals surface area (Å²) >= 11 is 7.05. The van der Waals surface area contributed by atoms with Crippen LogP contribution in [-0.4, -0.2) is 43.6 Å². The Morgan fingerprint density at radius 2 is 1.80 bits per heavy atom. The highest BCUT2D eigenvalue weighted by atomic mass is 35.5. The van der Waals surface area contributed by atoms with Crippen molar-refractivity contribution < 1.29 is 19.1 Å². The Bertz CT molecular complexity index is 946.